The predicted octanol–water partition coefficient (Wildman–Crippen LogP) is 4.21. The Morgan fingerprint density at radius 1 is 1.09 bits per heavy atom. The summed E-state index contributed by atoms with van der Waals surface area (Å²) in [5, 5.41) is 7.39. The lowest BCUT2D eigenvalue weighted by Gasteiger charge is -2.33. The van der Waals surface area contributed by atoms with Gasteiger partial charge >= 0.3 is 0 Å². The summed E-state index contributed by atoms with van der Waals surface area (Å²) in [6.07, 6.45) is 5.21. The van der Waals surface area contributed by atoms with Crippen LogP contribution in [0.4, 0.5) is 5.82 Å². The Morgan fingerprint density at radius 2 is 1.86 bits per heavy atom. The van der Waals surface area contributed by atoms with Crippen LogP contribution in [0.25, 0.3) is 10.4 Å². The fourth-order valence-electron chi connectivity index (χ4n) is 6.52. The zero-order chi connectivity index (χ0) is 29.9. The highest BCUT2D eigenvalue weighted by atomic mass is 32.1. The summed E-state index contributed by atoms with van der Waals surface area (Å²) < 4.78 is 11.9. The minimum absolute atomic E-state index is 0.0968. The fraction of sp³-hybridized carbons (Fsp3) is 0.562. The topological polar surface area (TPSA) is 104 Å². The van der Waals surface area contributed by atoms with E-state index in [4.69, 9.17) is 9.26 Å². The lowest BCUT2D eigenvalue weighted by Crippen LogP contribution is -2.47. The lowest BCUT2D eigenvalue weighted by molar-refractivity contribution is -0.138. The van der Waals surface area contributed by atoms with Gasteiger partial charge in [0.25, 0.3) is 0 Å². The third-order valence-electron chi connectivity index (χ3n) is 9.02. The Bertz CT molecular complexity index is 1400. The molecule has 5 heterocycles. The summed E-state index contributed by atoms with van der Waals surface area (Å²) in [6.45, 7) is 8.38. The van der Waals surface area contributed by atoms with E-state index < -0.39 is 6.04 Å². The number of amides is 2. The van der Waals surface area contributed by atoms with Gasteiger partial charge in [0.05, 0.1) is 40.8 Å². The smallest absolute Gasteiger partial charge is 0.243 e. The number of carbonyl (C=O) groups excluding carboxylic acids is 2. The zero-order valence-electron chi connectivity index (χ0n) is 25.3. The monoisotopic (exact) mass is 606 g/mol. The number of ether oxygens (including phenoxy) is 1. The van der Waals surface area contributed by atoms with E-state index in [0.717, 1.165) is 79.4 Å². The minimum atomic E-state index is -0.477. The number of aromatic nitrogens is 2. The van der Waals surface area contributed by atoms with Crippen LogP contribution < -0.4 is 10.2 Å². The Labute approximate surface area is 257 Å². The highest BCUT2D eigenvalue weighted by molar-refractivity contribution is 7.13. The SMILES string of the molecule is Cc1ncsc1-c1ccc(C(C)NC(=O)C2CCCN2C(=O)Cc2cc(N3CCC(OC4CCN(C)C4)CC3)no2)cc1. The first-order chi connectivity index (χ1) is 20.8. The zero-order valence-corrected chi connectivity index (χ0v) is 26.1. The summed E-state index contributed by atoms with van der Waals surface area (Å²) in [4.78, 5) is 38.3. The van der Waals surface area contributed by atoms with Crippen molar-refractivity contribution in [3.8, 4) is 10.4 Å². The Balaban J connectivity index is 0.988. The summed E-state index contributed by atoms with van der Waals surface area (Å²) in [5.41, 5.74) is 5.01. The van der Waals surface area contributed by atoms with Gasteiger partial charge in [-0.3, -0.25) is 9.59 Å². The molecule has 3 aliphatic heterocycles. The Kier molecular flexibility index (Phi) is 9.11. The summed E-state index contributed by atoms with van der Waals surface area (Å²) in [7, 11) is 2.14. The molecular weight excluding hydrogens is 564 g/mol. The molecule has 6 rings (SSSR count). The van der Waals surface area contributed by atoms with Crippen LogP contribution >= 0.6 is 11.3 Å². The highest BCUT2D eigenvalue weighted by Crippen LogP contribution is 2.29. The third-order valence-corrected chi connectivity index (χ3v) is 10.0. The molecule has 2 aromatic heterocycles. The number of thiazole rings is 1. The van der Waals surface area contributed by atoms with Gasteiger partial charge in [0.15, 0.2) is 5.82 Å². The van der Waals surface area contributed by atoms with E-state index in [0.29, 0.717) is 24.8 Å². The number of rotatable bonds is 9. The second-order valence-electron chi connectivity index (χ2n) is 12.2. The average Bonchev–Trinajstić information content (AvgIpc) is 3.82. The summed E-state index contributed by atoms with van der Waals surface area (Å²) in [6, 6.07) is 9.45. The molecule has 2 amide bonds. The van der Waals surface area contributed by atoms with Gasteiger partial charge in [0.1, 0.15) is 11.8 Å². The molecule has 1 N–H and O–H groups in total. The Morgan fingerprint density at radius 3 is 2.56 bits per heavy atom. The van der Waals surface area contributed by atoms with E-state index in [1.807, 2.05) is 37.6 Å². The van der Waals surface area contributed by atoms with Gasteiger partial charge in [-0.25, -0.2) is 4.98 Å². The second kappa shape index (κ2) is 13.2. The number of likely N-dealkylation sites (tertiary alicyclic amines) is 2. The number of hydrogen-bond acceptors (Lipinski definition) is 9. The number of nitrogens with zero attached hydrogens (tertiary/aromatic N) is 5. The molecule has 11 heteroatoms. The first-order valence-electron chi connectivity index (χ1n) is 15.5. The van der Waals surface area contributed by atoms with Crippen LogP contribution in [0.5, 0.6) is 0 Å². The van der Waals surface area contributed by atoms with Crippen molar-refractivity contribution in [3.05, 3.63) is 52.9 Å². The third kappa shape index (κ3) is 6.94. The average molecular weight is 607 g/mol. The van der Waals surface area contributed by atoms with Crippen molar-refractivity contribution in [1.82, 2.24) is 25.3 Å². The van der Waals surface area contributed by atoms with Crippen molar-refractivity contribution < 1.29 is 18.8 Å². The summed E-state index contributed by atoms with van der Waals surface area (Å²) in [5.74, 6) is 1.07. The van der Waals surface area contributed by atoms with Crippen molar-refractivity contribution in [1.29, 1.82) is 0 Å². The van der Waals surface area contributed by atoms with Gasteiger partial charge in [-0.15, -0.1) is 11.3 Å². The fourth-order valence-corrected chi connectivity index (χ4v) is 7.33. The number of piperidine rings is 1. The maximum Gasteiger partial charge on any atom is 0.243 e. The molecule has 3 aromatic rings. The molecule has 0 radical (unpaired) electrons. The van der Waals surface area contributed by atoms with Crippen LogP contribution in [-0.4, -0.2) is 89.8 Å². The van der Waals surface area contributed by atoms with Gasteiger partial charge in [0.2, 0.25) is 11.8 Å². The maximum absolute atomic E-state index is 13.3. The standard InChI is InChI=1S/C32H42N6O4S/c1-21(23-6-8-24(9-7-23)31-22(2)33-20-43-31)34-32(40)28-5-4-13-38(28)30(39)18-27-17-29(35-42-27)37-15-11-25(12-16-37)41-26-10-14-36(3)19-26/h6-9,17,20-21,25-26,28H,4-5,10-16,18-19H2,1-3H3,(H,34,40). The molecule has 1 aromatic carbocycles. The quantitative estimate of drug-likeness (QED) is 0.387. The van der Waals surface area contributed by atoms with E-state index >= 15 is 0 Å². The molecular formula is C32H42N6O4S. The van der Waals surface area contributed by atoms with Gasteiger partial charge in [-0.05, 0) is 64.1 Å². The van der Waals surface area contributed by atoms with Crippen LogP contribution in [0.3, 0.4) is 0 Å². The Hall–Kier alpha value is -3.28. The number of anilines is 1. The van der Waals surface area contributed by atoms with E-state index in [1.165, 1.54) is 0 Å². The highest BCUT2D eigenvalue weighted by Gasteiger charge is 2.35. The first kappa shape index (κ1) is 29.8. The van der Waals surface area contributed by atoms with Crippen molar-refractivity contribution in [2.24, 2.45) is 0 Å². The molecule has 3 atom stereocenters. The van der Waals surface area contributed by atoms with Crippen LogP contribution in [-0.2, 0) is 20.7 Å². The van der Waals surface area contributed by atoms with Crippen molar-refractivity contribution in [2.75, 3.05) is 44.7 Å². The normalized spacial score (nSPS) is 22.3. The van der Waals surface area contributed by atoms with Gasteiger partial charge in [-0.2, -0.15) is 0 Å². The number of aryl methyl sites for hydroxylation is 1. The van der Waals surface area contributed by atoms with Gasteiger partial charge < -0.3 is 29.3 Å². The van der Waals surface area contributed by atoms with Gasteiger partial charge in [0, 0.05) is 38.8 Å². The number of benzene rings is 1. The number of hydrogen-bond donors (Lipinski definition) is 1. The lowest BCUT2D eigenvalue weighted by atomic mass is 10.0. The van der Waals surface area contributed by atoms with Crippen LogP contribution in [0, 0.1) is 6.92 Å². The van der Waals surface area contributed by atoms with Crippen molar-refractivity contribution in [2.45, 2.75) is 76.7 Å². The molecule has 3 saturated heterocycles. The van der Waals surface area contributed by atoms with E-state index in [9.17, 15) is 9.59 Å². The number of carbonyl (C=O) groups is 2. The van der Waals surface area contributed by atoms with E-state index in [1.54, 1.807) is 16.2 Å². The van der Waals surface area contributed by atoms with Crippen molar-refractivity contribution >= 4 is 29.0 Å². The van der Waals surface area contributed by atoms with Gasteiger partial charge in [-0.1, -0.05) is 29.4 Å². The number of likely N-dealkylation sites (N-methyl/N-ethyl adjacent to an activating group) is 1. The van der Waals surface area contributed by atoms with Crippen LogP contribution in [0.15, 0.2) is 40.4 Å². The van der Waals surface area contributed by atoms with Crippen LogP contribution in [0.1, 0.15) is 62.1 Å². The molecule has 3 aliphatic rings. The second-order valence-corrected chi connectivity index (χ2v) is 13.0. The molecule has 0 spiro atoms. The molecule has 3 fully saturated rings. The molecule has 0 aliphatic carbocycles. The molecule has 0 bridgehead atoms. The van der Waals surface area contributed by atoms with E-state index in [2.05, 4.69) is 44.4 Å². The molecule has 43 heavy (non-hydrogen) atoms. The molecule has 230 valence electrons. The van der Waals surface area contributed by atoms with E-state index in [-0.39, 0.29) is 30.4 Å². The minimum Gasteiger partial charge on any atom is -0.373 e. The largest absolute Gasteiger partial charge is 0.373 e. The molecule has 0 saturated carbocycles. The summed E-state index contributed by atoms with van der Waals surface area (Å²) >= 11 is 1.62. The van der Waals surface area contributed by atoms with Crippen molar-refractivity contribution in [3.63, 3.8) is 0 Å². The number of nitrogens with one attached hydrogen (secondary N) is 1. The molecule has 10 nitrogen and oxygen atoms in total. The van der Waals surface area contributed by atoms with Crippen LogP contribution in [0.2, 0.25) is 0 Å². The maximum atomic E-state index is 13.3. The predicted molar refractivity (Wildman–Crippen MR) is 166 cm³/mol. The molecule has 3 unspecified atom stereocenters. The first-order valence-corrected chi connectivity index (χ1v) is 16.4.